The molecular weight excluding hydrogens is 528 g/mol. The van der Waals surface area contributed by atoms with E-state index in [2.05, 4.69) is 13.8 Å². The Labute approximate surface area is 259 Å². The van der Waals surface area contributed by atoms with Crippen LogP contribution in [0.15, 0.2) is 0 Å². The Hall–Kier alpha value is -1.59. The van der Waals surface area contributed by atoms with E-state index in [1.807, 2.05) is 0 Å². The van der Waals surface area contributed by atoms with Gasteiger partial charge >= 0.3 is 11.9 Å². The molecule has 1 atom stereocenters. The highest BCUT2D eigenvalue weighted by Crippen LogP contribution is 2.15. The minimum atomic E-state index is -0.809. The van der Waals surface area contributed by atoms with Crippen LogP contribution in [0.25, 0.3) is 0 Å². The van der Waals surface area contributed by atoms with E-state index in [1.54, 1.807) is 0 Å². The molecule has 0 saturated carbocycles. The van der Waals surface area contributed by atoms with E-state index in [9.17, 15) is 14.4 Å². The summed E-state index contributed by atoms with van der Waals surface area (Å²) in [4.78, 5) is 35.4. The van der Waals surface area contributed by atoms with Crippen molar-refractivity contribution in [1.29, 1.82) is 0 Å². The average molecular weight is 597 g/mol. The molecule has 0 rings (SSSR count). The summed E-state index contributed by atoms with van der Waals surface area (Å²) in [6.45, 7) is 5.36. The first-order valence-electron chi connectivity index (χ1n) is 18.0. The van der Waals surface area contributed by atoms with Gasteiger partial charge in [0.25, 0.3) is 6.47 Å². The molecule has 0 fully saturated rings. The second-order valence-electron chi connectivity index (χ2n) is 12.2. The number of esters is 2. The maximum Gasteiger partial charge on any atom is 0.313 e. The highest BCUT2D eigenvalue weighted by Gasteiger charge is 2.25. The van der Waals surface area contributed by atoms with E-state index in [1.165, 1.54) is 128 Å². The van der Waals surface area contributed by atoms with Crippen LogP contribution in [-0.4, -0.2) is 38.2 Å². The van der Waals surface area contributed by atoms with Gasteiger partial charge in [0.05, 0.1) is 19.6 Å². The van der Waals surface area contributed by atoms with Gasteiger partial charge in [-0.1, -0.05) is 168 Å². The number of hydrogen-bond donors (Lipinski definition) is 0. The van der Waals surface area contributed by atoms with Gasteiger partial charge in [-0.25, -0.2) is 0 Å². The van der Waals surface area contributed by atoms with Crippen LogP contribution in [0.1, 0.15) is 187 Å². The molecule has 0 N–H and O–H groups in total. The SMILES string of the molecule is CCCCCCCCCCCCCCCOC(=O)CC(COC=O)C(=O)OCCCCCCCCCCCCCCC. The Kier molecular flexibility index (Phi) is 32.6. The number of rotatable bonds is 34. The smallest absolute Gasteiger partial charge is 0.313 e. The van der Waals surface area contributed by atoms with Crippen LogP contribution in [-0.2, 0) is 28.6 Å². The van der Waals surface area contributed by atoms with Gasteiger partial charge in [0.1, 0.15) is 12.5 Å². The van der Waals surface area contributed by atoms with Gasteiger partial charge < -0.3 is 14.2 Å². The second-order valence-corrected chi connectivity index (χ2v) is 12.2. The summed E-state index contributed by atoms with van der Waals surface area (Å²) < 4.78 is 15.5. The lowest BCUT2D eigenvalue weighted by molar-refractivity contribution is -0.158. The molecule has 0 aliphatic carbocycles. The topological polar surface area (TPSA) is 78.9 Å². The van der Waals surface area contributed by atoms with Gasteiger partial charge in [-0.2, -0.15) is 0 Å². The van der Waals surface area contributed by atoms with Crippen molar-refractivity contribution in [3.8, 4) is 0 Å². The Morgan fingerprint density at radius 3 is 1.19 bits per heavy atom. The van der Waals surface area contributed by atoms with Gasteiger partial charge in [0.15, 0.2) is 0 Å². The molecule has 0 spiro atoms. The number of carbonyl (C=O) groups excluding carboxylic acids is 3. The number of unbranched alkanes of at least 4 members (excludes halogenated alkanes) is 24. The van der Waals surface area contributed by atoms with E-state index in [-0.39, 0.29) is 13.0 Å². The zero-order chi connectivity index (χ0) is 30.8. The summed E-state index contributed by atoms with van der Waals surface area (Å²) in [6, 6.07) is 0. The molecule has 42 heavy (non-hydrogen) atoms. The van der Waals surface area contributed by atoms with Crippen molar-refractivity contribution in [2.24, 2.45) is 5.92 Å². The molecular formula is C36H68O6. The van der Waals surface area contributed by atoms with Crippen LogP contribution in [0.5, 0.6) is 0 Å². The molecule has 6 nitrogen and oxygen atoms in total. The quantitative estimate of drug-likeness (QED) is 0.0318. The molecule has 0 saturated heterocycles. The molecule has 248 valence electrons. The van der Waals surface area contributed by atoms with Crippen molar-refractivity contribution >= 4 is 18.4 Å². The average Bonchev–Trinajstić information content (AvgIpc) is 2.99. The van der Waals surface area contributed by atoms with Crippen molar-refractivity contribution in [3.63, 3.8) is 0 Å². The van der Waals surface area contributed by atoms with E-state index < -0.39 is 17.9 Å². The first kappa shape index (κ1) is 40.4. The zero-order valence-corrected chi connectivity index (χ0v) is 27.8. The van der Waals surface area contributed by atoms with Gasteiger partial charge in [0, 0.05) is 0 Å². The van der Waals surface area contributed by atoms with Gasteiger partial charge in [-0.05, 0) is 12.8 Å². The lowest BCUT2D eigenvalue weighted by Gasteiger charge is -2.14. The summed E-state index contributed by atoms with van der Waals surface area (Å²) in [5.41, 5.74) is 0. The highest BCUT2D eigenvalue weighted by molar-refractivity contribution is 5.80. The lowest BCUT2D eigenvalue weighted by atomic mass is 10.0. The maximum atomic E-state index is 12.5. The fourth-order valence-electron chi connectivity index (χ4n) is 5.34. The minimum absolute atomic E-state index is 0.121. The molecule has 0 aromatic heterocycles. The zero-order valence-electron chi connectivity index (χ0n) is 27.8. The molecule has 0 aliphatic rings. The second kappa shape index (κ2) is 33.9. The molecule has 1 unspecified atom stereocenters. The standard InChI is InChI=1S/C36H68O6/c1-3-5-7-9-11-13-15-17-19-21-23-25-27-29-41-35(38)31-34(32-40-33-37)36(39)42-30-28-26-24-22-20-18-16-14-12-10-8-6-4-2/h33-34H,3-32H2,1-2H3. The monoisotopic (exact) mass is 597 g/mol. The number of ether oxygens (including phenoxy) is 3. The van der Waals surface area contributed by atoms with Gasteiger partial charge in [-0.3, -0.25) is 14.4 Å². The van der Waals surface area contributed by atoms with Crippen molar-refractivity contribution < 1.29 is 28.6 Å². The van der Waals surface area contributed by atoms with E-state index in [0.717, 1.165) is 38.5 Å². The van der Waals surface area contributed by atoms with Crippen LogP contribution >= 0.6 is 0 Å². The lowest BCUT2D eigenvalue weighted by Crippen LogP contribution is -2.26. The number of hydrogen-bond acceptors (Lipinski definition) is 6. The van der Waals surface area contributed by atoms with Crippen LogP contribution in [0.3, 0.4) is 0 Å². The van der Waals surface area contributed by atoms with Crippen LogP contribution in [0.2, 0.25) is 0 Å². The summed E-state index contributed by atoms with van der Waals surface area (Å²) in [6.07, 6.45) is 32.7. The molecule has 0 radical (unpaired) electrons. The van der Waals surface area contributed by atoms with Gasteiger partial charge in [-0.15, -0.1) is 0 Å². The third kappa shape index (κ3) is 29.9. The highest BCUT2D eigenvalue weighted by atomic mass is 16.5. The van der Waals surface area contributed by atoms with Crippen molar-refractivity contribution in [2.45, 2.75) is 187 Å². The van der Waals surface area contributed by atoms with Gasteiger partial charge in [0.2, 0.25) is 0 Å². The fraction of sp³-hybridized carbons (Fsp3) is 0.917. The summed E-state index contributed by atoms with van der Waals surface area (Å²) in [5, 5.41) is 0. The van der Waals surface area contributed by atoms with E-state index >= 15 is 0 Å². The fourth-order valence-corrected chi connectivity index (χ4v) is 5.34. The van der Waals surface area contributed by atoms with E-state index in [0.29, 0.717) is 19.7 Å². The summed E-state index contributed by atoms with van der Waals surface area (Å²) in [5.74, 6) is -1.74. The molecule has 0 heterocycles. The van der Waals surface area contributed by atoms with Crippen molar-refractivity contribution in [1.82, 2.24) is 0 Å². The maximum absolute atomic E-state index is 12.5. The Morgan fingerprint density at radius 2 is 0.833 bits per heavy atom. The largest absolute Gasteiger partial charge is 0.467 e. The van der Waals surface area contributed by atoms with Crippen molar-refractivity contribution in [3.05, 3.63) is 0 Å². The molecule has 0 aromatic rings. The molecule has 6 heteroatoms. The molecule has 0 amide bonds. The normalized spacial score (nSPS) is 11.8. The Bertz CT molecular complexity index is 593. The predicted octanol–water partition coefficient (Wildman–Crippen LogP) is 10.4. The van der Waals surface area contributed by atoms with Crippen LogP contribution < -0.4 is 0 Å². The molecule has 0 aromatic carbocycles. The Morgan fingerprint density at radius 1 is 0.500 bits per heavy atom. The third-order valence-corrected chi connectivity index (χ3v) is 8.12. The first-order chi connectivity index (χ1) is 20.7. The summed E-state index contributed by atoms with van der Waals surface area (Å²) in [7, 11) is 0. The van der Waals surface area contributed by atoms with E-state index in [4.69, 9.17) is 14.2 Å². The predicted molar refractivity (Wildman–Crippen MR) is 173 cm³/mol. The summed E-state index contributed by atoms with van der Waals surface area (Å²) >= 11 is 0. The van der Waals surface area contributed by atoms with Crippen LogP contribution in [0, 0.1) is 5.92 Å². The molecule has 0 bridgehead atoms. The van der Waals surface area contributed by atoms with Crippen molar-refractivity contribution in [2.75, 3.05) is 19.8 Å². The third-order valence-electron chi connectivity index (χ3n) is 8.12. The van der Waals surface area contributed by atoms with Crippen LogP contribution in [0.4, 0.5) is 0 Å². The molecule has 0 aliphatic heterocycles. The minimum Gasteiger partial charge on any atom is -0.467 e. The first-order valence-corrected chi connectivity index (χ1v) is 18.0. The number of carbonyl (C=O) groups is 3. The Balaban J connectivity index is 3.75.